The first-order valence-electron chi connectivity index (χ1n) is 17.9. The molecular weight excluding hydrogens is 673 g/mol. The van der Waals surface area contributed by atoms with E-state index in [0.717, 1.165) is 38.6 Å². The highest BCUT2D eigenvalue weighted by molar-refractivity contribution is 5.92. The van der Waals surface area contributed by atoms with E-state index in [9.17, 15) is 30.6 Å². The minimum atomic E-state index is -0.992. The third-order valence-corrected chi connectivity index (χ3v) is 11.6. The highest BCUT2D eigenvalue weighted by Crippen LogP contribution is 2.55. The molecule has 0 aromatic heterocycles. The Balaban J connectivity index is 1.37. The number of aromatic hydroxyl groups is 6. The average Bonchev–Trinajstić information content (AvgIpc) is 3.77. The van der Waals surface area contributed by atoms with E-state index in [1.54, 1.807) is 66.7 Å². The molecule has 268 valence electrons. The molecule has 54 heavy (non-hydrogen) atoms. The summed E-state index contributed by atoms with van der Waals surface area (Å²) in [5.74, 6) is -0.174. The van der Waals surface area contributed by atoms with Crippen LogP contribution in [-0.4, -0.2) is 30.6 Å². The Bertz CT molecular complexity index is 2630. The molecule has 6 aromatic carbocycles. The molecule has 0 fully saturated rings. The van der Waals surface area contributed by atoms with Crippen LogP contribution in [0.15, 0.2) is 146 Å². The number of allylic oxidation sites excluding steroid dienone is 7. The van der Waals surface area contributed by atoms with Crippen LogP contribution < -0.4 is 0 Å². The van der Waals surface area contributed by atoms with E-state index < -0.39 is 10.8 Å². The van der Waals surface area contributed by atoms with Crippen molar-refractivity contribution in [3.63, 3.8) is 0 Å². The predicted molar refractivity (Wildman–Crippen MR) is 216 cm³/mol. The van der Waals surface area contributed by atoms with E-state index in [-0.39, 0.29) is 46.3 Å². The number of phenols is 6. The molecule has 0 spiro atoms. The predicted octanol–water partition coefficient (Wildman–Crippen LogP) is 10.7. The highest BCUT2D eigenvalue weighted by atomic mass is 16.3. The van der Waals surface area contributed by atoms with E-state index in [0.29, 0.717) is 21.9 Å². The van der Waals surface area contributed by atoms with Crippen molar-refractivity contribution < 1.29 is 30.6 Å². The Morgan fingerprint density at radius 3 is 1.61 bits per heavy atom. The van der Waals surface area contributed by atoms with Crippen LogP contribution in [0, 0.1) is 0 Å². The summed E-state index contributed by atoms with van der Waals surface area (Å²) in [7, 11) is 0. The topological polar surface area (TPSA) is 121 Å². The van der Waals surface area contributed by atoms with Crippen molar-refractivity contribution in [2.75, 3.05) is 0 Å². The number of phenolic OH excluding ortho intramolecular Hbond substituents is 6. The second-order valence-electron chi connectivity index (χ2n) is 14.7. The first-order chi connectivity index (χ1) is 25.9. The lowest BCUT2D eigenvalue weighted by Crippen LogP contribution is -2.31. The Morgan fingerprint density at radius 1 is 0.574 bits per heavy atom. The van der Waals surface area contributed by atoms with Crippen LogP contribution in [0.1, 0.15) is 59.1 Å². The third kappa shape index (κ3) is 5.41. The molecule has 6 N–H and O–H groups in total. The maximum atomic E-state index is 11.7. The Hall–Kier alpha value is -6.66. The first-order valence-corrected chi connectivity index (χ1v) is 17.9. The van der Waals surface area contributed by atoms with Crippen LogP contribution in [0.4, 0.5) is 0 Å². The van der Waals surface area contributed by atoms with E-state index in [2.05, 4.69) is 18.7 Å². The van der Waals surface area contributed by atoms with Crippen molar-refractivity contribution in [2.24, 2.45) is 0 Å². The summed E-state index contributed by atoms with van der Waals surface area (Å²) in [6.45, 7) is 8.34. The van der Waals surface area contributed by atoms with Gasteiger partial charge in [-0.2, -0.15) is 0 Å². The van der Waals surface area contributed by atoms with Gasteiger partial charge in [-0.3, -0.25) is 0 Å². The monoisotopic (exact) mass is 712 g/mol. The van der Waals surface area contributed by atoms with Gasteiger partial charge in [-0.25, -0.2) is 0 Å². The zero-order chi connectivity index (χ0) is 37.9. The summed E-state index contributed by atoms with van der Waals surface area (Å²) in [5, 5.41) is 69.0. The highest BCUT2D eigenvalue weighted by Gasteiger charge is 2.44. The summed E-state index contributed by atoms with van der Waals surface area (Å²) >= 11 is 0. The minimum Gasteiger partial charge on any atom is -0.508 e. The molecular formula is C48H40O6. The molecule has 0 radical (unpaired) electrons. The summed E-state index contributed by atoms with van der Waals surface area (Å²) in [5.41, 5.74) is 3.71. The molecule has 0 heterocycles. The van der Waals surface area contributed by atoms with Crippen molar-refractivity contribution in [3.05, 3.63) is 179 Å². The first kappa shape index (κ1) is 34.4. The molecule has 0 aliphatic heterocycles. The summed E-state index contributed by atoms with van der Waals surface area (Å²) in [6, 6.07) is 27.8. The second kappa shape index (κ2) is 12.8. The number of rotatable bonds is 8. The Kier molecular flexibility index (Phi) is 8.15. The molecule has 0 saturated carbocycles. The van der Waals surface area contributed by atoms with Gasteiger partial charge in [0.05, 0.1) is 0 Å². The molecule has 0 bridgehead atoms. The molecule has 6 heteroatoms. The van der Waals surface area contributed by atoms with Gasteiger partial charge in [0.25, 0.3) is 0 Å². The van der Waals surface area contributed by atoms with Crippen molar-refractivity contribution in [1.29, 1.82) is 0 Å². The van der Waals surface area contributed by atoms with Gasteiger partial charge in [-0.15, -0.1) is 0 Å². The van der Waals surface area contributed by atoms with Gasteiger partial charge in [0.1, 0.15) is 34.5 Å². The lowest BCUT2D eigenvalue weighted by Gasteiger charge is -2.39. The quantitative estimate of drug-likeness (QED) is 0.0874. The van der Waals surface area contributed by atoms with Crippen LogP contribution in [-0.2, 0) is 10.8 Å². The maximum absolute atomic E-state index is 11.7. The number of hydrogen-bond acceptors (Lipinski definition) is 6. The van der Waals surface area contributed by atoms with Crippen LogP contribution in [0.3, 0.4) is 0 Å². The van der Waals surface area contributed by atoms with Gasteiger partial charge in [0, 0.05) is 33.8 Å². The van der Waals surface area contributed by atoms with Crippen molar-refractivity contribution in [2.45, 2.75) is 36.5 Å². The fourth-order valence-electron chi connectivity index (χ4n) is 8.93. The van der Waals surface area contributed by atoms with Crippen molar-refractivity contribution in [1.82, 2.24) is 0 Å². The SMILES string of the molecule is C=C/C(=C\C=C\C(C)(c1c(O)ccc2ccc(O)cc12)C1C=Cc2ccc(O)cc21)C(C)(c1c(O)ccc2ccc(O)cc12)C1C=Cc2ccc(O)cc21. The molecule has 8 rings (SSSR count). The lowest BCUT2D eigenvalue weighted by atomic mass is 9.63. The number of fused-ring (bicyclic) bond motifs is 4. The third-order valence-electron chi connectivity index (χ3n) is 11.6. The fourth-order valence-corrected chi connectivity index (χ4v) is 8.93. The molecule has 2 aliphatic carbocycles. The summed E-state index contributed by atoms with van der Waals surface area (Å²) in [4.78, 5) is 0. The Labute approximate surface area is 313 Å². The largest absolute Gasteiger partial charge is 0.508 e. The van der Waals surface area contributed by atoms with Gasteiger partial charge in [0.2, 0.25) is 0 Å². The number of benzene rings is 6. The smallest absolute Gasteiger partial charge is 0.120 e. The summed E-state index contributed by atoms with van der Waals surface area (Å²) in [6.07, 6.45) is 15.9. The van der Waals surface area contributed by atoms with Crippen LogP contribution >= 0.6 is 0 Å². The van der Waals surface area contributed by atoms with Crippen LogP contribution in [0.5, 0.6) is 34.5 Å². The lowest BCUT2D eigenvalue weighted by molar-refractivity contribution is 0.433. The normalized spacial score (nSPS) is 18.5. The van der Waals surface area contributed by atoms with Crippen molar-refractivity contribution >= 4 is 33.7 Å². The second-order valence-corrected chi connectivity index (χ2v) is 14.7. The van der Waals surface area contributed by atoms with E-state index >= 15 is 0 Å². The van der Waals surface area contributed by atoms with E-state index in [1.165, 1.54) is 0 Å². The molecule has 0 amide bonds. The van der Waals surface area contributed by atoms with Gasteiger partial charge in [-0.05, 0) is 110 Å². The van der Waals surface area contributed by atoms with Gasteiger partial charge < -0.3 is 30.6 Å². The standard InChI is InChI=1S/C48H40O6/c1-4-32(48(3,42-20-12-29-8-16-34(50)25-38(29)42)46-40-27-36(52)18-10-31(40)14-22-44(46)54)6-5-23-47(2,41-19-11-28-7-15-33(49)24-37(28)41)45-39-26-35(51)17-9-30(39)13-21-43(45)53/h4-27,41-42,49-54H,1H2,2-3H3/b23-5+,32-6+. The average molecular weight is 713 g/mol. The molecule has 2 aliphatic rings. The van der Waals surface area contributed by atoms with Gasteiger partial charge in [-0.1, -0.05) is 105 Å². The summed E-state index contributed by atoms with van der Waals surface area (Å²) < 4.78 is 0. The molecule has 4 unspecified atom stereocenters. The molecule has 0 saturated heterocycles. The van der Waals surface area contributed by atoms with E-state index in [4.69, 9.17) is 0 Å². The molecule has 6 aromatic rings. The zero-order valence-corrected chi connectivity index (χ0v) is 29.9. The number of hydrogen-bond donors (Lipinski definition) is 6. The fraction of sp³-hybridized carbons (Fsp3) is 0.125. The molecule has 4 atom stereocenters. The maximum Gasteiger partial charge on any atom is 0.120 e. The van der Waals surface area contributed by atoms with Crippen LogP contribution in [0.25, 0.3) is 33.7 Å². The van der Waals surface area contributed by atoms with E-state index in [1.807, 2.05) is 80.6 Å². The van der Waals surface area contributed by atoms with Gasteiger partial charge >= 0.3 is 0 Å². The van der Waals surface area contributed by atoms with Crippen LogP contribution in [0.2, 0.25) is 0 Å². The zero-order valence-electron chi connectivity index (χ0n) is 29.9. The minimum absolute atomic E-state index is 0.0483. The molecule has 6 nitrogen and oxygen atoms in total. The Morgan fingerprint density at radius 2 is 1.04 bits per heavy atom. The van der Waals surface area contributed by atoms with Crippen molar-refractivity contribution in [3.8, 4) is 34.5 Å². The van der Waals surface area contributed by atoms with Gasteiger partial charge in [0.15, 0.2) is 0 Å².